The molecule has 2 N–H and O–H groups in total. The van der Waals surface area contributed by atoms with Crippen LogP contribution in [0.5, 0.6) is 5.75 Å². The van der Waals surface area contributed by atoms with E-state index in [0.29, 0.717) is 25.3 Å². The topological polar surface area (TPSA) is 77.0 Å². The molecule has 0 aliphatic carbocycles. The summed E-state index contributed by atoms with van der Waals surface area (Å²) in [5.41, 5.74) is 0.436. The van der Waals surface area contributed by atoms with Crippen molar-refractivity contribution >= 4 is 6.09 Å². The second-order valence-corrected chi connectivity index (χ2v) is 6.34. The van der Waals surface area contributed by atoms with Gasteiger partial charge in [0, 0.05) is 19.6 Å². The molecule has 6 nitrogen and oxygen atoms in total. The van der Waals surface area contributed by atoms with Crippen molar-refractivity contribution in [2.24, 2.45) is 0 Å². The highest BCUT2D eigenvalue weighted by Crippen LogP contribution is 2.20. The average Bonchev–Trinajstić information content (AvgIpc) is 2.50. The van der Waals surface area contributed by atoms with Gasteiger partial charge in [-0.1, -0.05) is 18.2 Å². The Balaban J connectivity index is 2.64. The van der Waals surface area contributed by atoms with Gasteiger partial charge in [-0.25, -0.2) is 4.79 Å². The number of amides is 1. The van der Waals surface area contributed by atoms with E-state index in [0.717, 1.165) is 5.56 Å². The highest BCUT2D eigenvalue weighted by Gasteiger charge is 2.18. The van der Waals surface area contributed by atoms with E-state index in [9.17, 15) is 4.79 Å². The number of aliphatic hydroxyl groups is 1. The van der Waals surface area contributed by atoms with E-state index in [4.69, 9.17) is 19.3 Å². The number of benzene rings is 1. The third-order valence-corrected chi connectivity index (χ3v) is 3.04. The summed E-state index contributed by atoms with van der Waals surface area (Å²) < 4.78 is 16.5. The Kier molecular flexibility index (Phi) is 8.57. The molecule has 0 aliphatic heterocycles. The summed E-state index contributed by atoms with van der Waals surface area (Å²) in [6, 6.07) is 7.61. The fraction of sp³-hybridized carbons (Fsp3) is 0.611. The molecular weight excluding hydrogens is 310 g/mol. The van der Waals surface area contributed by atoms with E-state index in [-0.39, 0.29) is 19.3 Å². The standard InChI is InChI=1S/C18H29NO5/c1-5-22-15(13-19-17(21)24-18(2,3)4)12-14-8-6-7-9-16(14)23-11-10-20/h6-9,15,20H,5,10-13H2,1-4H3,(H,19,21)/t15-/m0/s1. The van der Waals surface area contributed by atoms with Gasteiger partial charge >= 0.3 is 6.09 Å². The lowest BCUT2D eigenvalue weighted by Gasteiger charge is -2.22. The molecule has 0 unspecified atom stereocenters. The fourth-order valence-electron chi connectivity index (χ4n) is 2.15. The number of ether oxygens (including phenoxy) is 3. The zero-order chi connectivity index (χ0) is 18.0. The molecule has 1 atom stereocenters. The van der Waals surface area contributed by atoms with E-state index in [1.54, 1.807) is 0 Å². The molecule has 0 fully saturated rings. The summed E-state index contributed by atoms with van der Waals surface area (Å²) in [5, 5.41) is 11.7. The monoisotopic (exact) mass is 339 g/mol. The van der Waals surface area contributed by atoms with Crippen molar-refractivity contribution in [2.45, 2.75) is 45.8 Å². The third kappa shape index (κ3) is 8.17. The Morgan fingerprint density at radius 1 is 1.29 bits per heavy atom. The number of carbonyl (C=O) groups excluding carboxylic acids is 1. The van der Waals surface area contributed by atoms with E-state index < -0.39 is 11.7 Å². The first-order valence-electron chi connectivity index (χ1n) is 8.25. The van der Waals surface area contributed by atoms with Crippen molar-refractivity contribution in [3.63, 3.8) is 0 Å². The van der Waals surface area contributed by atoms with Gasteiger partial charge in [0.25, 0.3) is 0 Å². The van der Waals surface area contributed by atoms with Crippen LogP contribution in [0.4, 0.5) is 4.79 Å². The number of alkyl carbamates (subject to hydrolysis) is 1. The van der Waals surface area contributed by atoms with Gasteiger partial charge in [0.05, 0.1) is 12.7 Å². The predicted octanol–water partition coefficient (Wildman–Crippen LogP) is 2.53. The van der Waals surface area contributed by atoms with Crippen molar-refractivity contribution in [3.8, 4) is 5.75 Å². The minimum Gasteiger partial charge on any atom is -0.491 e. The lowest BCUT2D eigenvalue weighted by molar-refractivity contribution is 0.0381. The maximum absolute atomic E-state index is 11.8. The van der Waals surface area contributed by atoms with Crippen molar-refractivity contribution in [3.05, 3.63) is 29.8 Å². The first-order valence-corrected chi connectivity index (χ1v) is 8.25. The SMILES string of the molecule is CCO[C@H](CNC(=O)OC(C)(C)C)Cc1ccccc1OCCO. The minimum atomic E-state index is -0.532. The van der Waals surface area contributed by atoms with E-state index in [1.165, 1.54) is 0 Å². The van der Waals surface area contributed by atoms with Gasteiger partial charge in [-0.05, 0) is 39.3 Å². The van der Waals surface area contributed by atoms with Crippen LogP contribution in [0.1, 0.15) is 33.3 Å². The normalized spacial score (nSPS) is 12.5. The number of rotatable bonds is 9. The van der Waals surface area contributed by atoms with Gasteiger partial charge in [-0.3, -0.25) is 0 Å². The number of hydrogen-bond donors (Lipinski definition) is 2. The van der Waals surface area contributed by atoms with Crippen LogP contribution in [-0.4, -0.2) is 49.3 Å². The number of hydrogen-bond acceptors (Lipinski definition) is 5. The number of carbonyl (C=O) groups is 1. The maximum atomic E-state index is 11.8. The molecule has 0 spiro atoms. The minimum absolute atomic E-state index is 0.0383. The fourth-order valence-corrected chi connectivity index (χ4v) is 2.15. The third-order valence-electron chi connectivity index (χ3n) is 3.04. The van der Waals surface area contributed by atoms with Crippen LogP contribution in [0, 0.1) is 0 Å². The molecule has 0 bridgehead atoms. The average molecular weight is 339 g/mol. The van der Waals surface area contributed by atoms with Crippen LogP contribution in [0.25, 0.3) is 0 Å². The second kappa shape index (κ2) is 10.2. The van der Waals surface area contributed by atoms with Crippen LogP contribution in [0.3, 0.4) is 0 Å². The van der Waals surface area contributed by atoms with E-state index in [1.807, 2.05) is 52.0 Å². The highest BCUT2D eigenvalue weighted by atomic mass is 16.6. The van der Waals surface area contributed by atoms with Crippen molar-refractivity contribution < 1.29 is 24.1 Å². The maximum Gasteiger partial charge on any atom is 0.407 e. The zero-order valence-corrected chi connectivity index (χ0v) is 15.0. The molecule has 1 aromatic carbocycles. The highest BCUT2D eigenvalue weighted by molar-refractivity contribution is 5.67. The Morgan fingerprint density at radius 3 is 2.62 bits per heavy atom. The van der Waals surface area contributed by atoms with Gasteiger partial charge in [-0.2, -0.15) is 0 Å². The molecule has 0 radical (unpaired) electrons. The molecule has 0 saturated heterocycles. The van der Waals surface area contributed by atoms with Crippen molar-refractivity contribution in [1.82, 2.24) is 5.32 Å². The van der Waals surface area contributed by atoms with Gasteiger partial charge in [-0.15, -0.1) is 0 Å². The molecule has 1 aromatic rings. The number of para-hydroxylation sites is 1. The Morgan fingerprint density at radius 2 is 2.00 bits per heavy atom. The Hall–Kier alpha value is -1.79. The largest absolute Gasteiger partial charge is 0.491 e. The quantitative estimate of drug-likeness (QED) is 0.723. The van der Waals surface area contributed by atoms with Gasteiger partial charge in [0.15, 0.2) is 0 Å². The lowest BCUT2D eigenvalue weighted by atomic mass is 10.1. The zero-order valence-electron chi connectivity index (χ0n) is 15.0. The van der Waals surface area contributed by atoms with Gasteiger partial charge in [0.2, 0.25) is 0 Å². The number of nitrogens with one attached hydrogen (secondary N) is 1. The van der Waals surface area contributed by atoms with E-state index >= 15 is 0 Å². The molecular formula is C18H29NO5. The smallest absolute Gasteiger partial charge is 0.407 e. The summed E-state index contributed by atoms with van der Waals surface area (Å²) in [6.07, 6.45) is -0.0657. The first kappa shape index (κ1) is 20.3. The summed E-state index contributed by atoms with van der Waals surface area (Å²) in [7, 11) is 0. The Bertz CT molecular complexity index is 498. The first-order chi connectivity index (χ1) is 11.4. The van der Waals surface area contributed by atoms with Gasteiger partial charge in [0.1, 0.15) is 18.0 Å². The molecule has 24 heavy (non-hydrogen) atoms. The molecule has 0 aromatic heterocycles. The molecule has 6 heteroatoms. The van der Waals surface area contributed by atoms with E-state index in [2.05, 4.69) is 5.32 Å². The van der Waals surface area contributed by atoms with Crippen LogP contribution < -0.4 is 10.1 Å². The molecule has 0 saturated carbocycles. The van der Waals surface area contributed by atoms with Crippen molar-refractivity contribution in [1.29, 1.82) is 0 Å². The molecule has 1 amide bonds. The number of aliphatic hydroxyl groups excluding tert-OH is 1. The lowest BCUT2D eigenvalue weighted by Crippen LogP contribution is -2.38. The van der Waals surface area contributed by atoms with Crippen LogP contribution >= 0.6 is 0 Å². The second-order valence-electron chi connectivity index (χ2n) is 6.34. The summed E-state index contributed by atoms with van der Waals surface area (Å²) in [4.78, 5) is 11.8. The van der Waals surface area contributed by atoms with Crippen molar-refractivity contribution in [2.75, 3.05) is 26.4 Å². The van der Waals surface area contributed by atoms with Crippen LogP contribution in [-0.2, 0) is 15.9 Å². The van der Waals surface area contributed by atoms with Gasteiger partial charge < -0.3 is 24.6 Å². The molecule has 136 valence electrons. The van der Waals surface area contributed by atoms with Crippen LogP contribution in [0.2, 0.25) is 0 Å². The summed E-state index contributed by atoms with van der Waals surface area (Å²) in [5.74, 6) is 0.716. The summed E-state index contributed by atoms with van der Waals surface area (Å²) >= 11 is 0. The van der Waals surface area contributed by atoms with Crippen LogP contribution in [0.15, 0.2) is 24.3 Å². The molecule has 0 heterocycles. The molecule has 1 rings (SSSR count). The Labute approximate surface area is 144 Å². The molecule has 0 aliphatic rings. The predicted molar refractivity (Wildman–Crippen MR) is 92.4 cm³/mol. The summed E-state index contributed by atoms with van der Waals surface area (Å²) in [6.45, 7) is 8.46.